The van der Waals surface area contributed by atoms with Crippen LogP contribution in [0.2, 0.25) is 5.02 Å². The summed E-state index contributed by atoms with van der Waals surface area (Å²) in [6.45, 7) is 3.64. The highest BCUT2D eigenvalue weighted by atomic mass is 35.5. The van der Waals surface area contributed by atoms with Crippen LogP contribution in [-0.2, 0) is 9.53 Å². The van der Waals surface area contributed by atoms with Crippen LogP contribution in [0.25, 0.3) is 17.4 Å². The van der Waals surface area contributed by atoms with Crippen molar-refractivity contribution < 1.29 is 18.9 Å². The number of nitrogens with zero attached hydrogens (tertiary/aromatic N) is 3. The molecule has 4 aromatic rings. The van der Waals surface area contributed by atoms with Crippen LogP contribution >= 0.6 is 34.7 Å². The Labute approximate surface area is 241 Å². The van der Waals surface area contributed by atoms with Crippen molar-refractivity contribution >= 4 is 52.4 Å². The van der Waals surface area contributed by atoms with Gasteiger partial charge in [-0.25, -0.2) is 9.79 Å². The molecule has 0 saturated carbocycles. The molecule has 9 nitrogen and oxygen atoms in total. The number of halogens is 1. The zero-order valence-electron chi connectivity index (χ0n) is 21.5. The lowest BCUT2D eigenvalue weighted by Gasteiger charge is -2.24. The number of benzene rings is 2. The molecule has 0 fully saturated rings. The van der Waals surface area contributed by atoms with E-state index in [4.69, 9.17) is 20.8 Å². The molecule has 0 N–H and O–H groups in total. The molecular formula is C28H22ClN3O6S2. The van der Waals surface area contributed by atoms with Crippen molar-refractivity contribution in [2.75, 3.05) is 12.9 Å². The molecule has 1 aliphatic rings. The second-order valence-corrected chi connectivity index (χ2v) is 11.0. The molecule has 0 radical (unpaired) electrons. The number of thiazole rings is 1. The number of rotatable bonds is 7. The summed E-state index contributed by atoms with van der Waals surface area (Å²) in [5, 5.41) is 11.8. The second-order valence-electron chi connectivity index (χ2n) is 8.70. The van der Waals surface area contributed by atoms with Gasteiger partial charge in [-0.15, -0.1) is 11.8 Å². The number of esters is 1. The van der Waals surface area contributed by atoms with Gasteiger partial charge in [-0.1, -0.05) is 35.1 Å². The second kappa shape index (κ2) is 11.3. The van der Waals surface area contributed by atoms with E-state index >= 15 is 0 Å². The number of fused-ring (bicyclic) bond motifs is 1. The Kier molecular flexibility index (Phi) is 7.79. The average Bonchev–Trinajstić information content (AvgIpc) is 3.52. The maximum absolute atomic E-state index is 13.8. The standard InChI is InChI=1S/C28H22ClN3O6S2/c1-4-37-27(34)24-15(2)30-28-31(25(24)16-5-9-19(39-3)10-6-16)26(33)23(40-28)14-18-8-12-22(38-18)20-11-7-17(29)13-21(20)32(35)36/h5-14,25H,4H2,1-3H3/b23-14-/t25-/m1/s1. The summed E-state index contributed by atoms with van der Waals surface area (Å²) < 4.78 is 13.0. The van der Waals surface area contributed by atoms with Gasteiger partial charge in [0.15, 0.2) is 4.80 Å². The van der Waals surface area contributed by atoms with E-state index in [0.717, 1.165) is 21.8 Å². The number of nitro benzene ring substituents is 1. The Hall–Kier alpha value is -3.93. The van der Waals surface area contributed by atoms with E-state index < -0.39 is 16.9 Å². The Balaban J connectivity index is 1.63. The topological polar surface area (TPSA) is 117 Å². The van der Waals surface area contributed by atoms with Crippen molar-refractivity contribution in [1.29, 1.82) is 0 Å². The number of thioether (sulfide) groups is 1. The fraction of sp³-hybridized carbons (Fsp3) is 0.179. The molecule has 0 amide bonds. The lowest BCUT2D eigenvalue weighted by molar-refractivity contribution is -0.384. The van der Waals surface area contributed by atoms with Crippen molar-refractivity contribution in [3.63, 3.8) is 0 Å². The highest BCUT2D eigenvalue weighted by molar-refractivity contribution is 7.98. The first-order chi connectivity index (χ1) is 19.2. The quantitative estimate of drug-likeness (QED) is 0.122. The van der Waals surface area contributed by atoms with Gasteiger partial charge in [0.25, 0.3) is 11.2 Å². The fourth-order valence-corrected chi connectivity index (χ4v) is 6.06. The zero-order chi connectivity index (χ0) is 28.6. The van der Waals surface area contributed by atoms with Crippen LogP contribution in [0.1, 0.15) is 31.2 Å². The maximum atomic E-state index is 13.8. The number of carbonyl (C=O) groups is 1. The largest absolute Gasteiger partial charge is 0.463 e. The Bertz CT molecular complexity index is 1850. The first-order valence-electron chi connectivity index (χ1n) is 12.1. The highest BCUT2D eigenvalue weighted by Gasteiger charge is 2.33. The number of ether oxygens (including phenoxy) is 1. The molecule has 2 aromatic carbocycles. The van der Waals surface area contributed by atoms with E-state index in [-0.39, 0.29) is 34.2 Å². The van der Waals surface area contributed by atoms with Crippen LogP contribution in [-0.4, -0.2) is 28.3 Å². The summed E-state index contributed by atoms with van der Waals surface area (Å²) in [5.41, 5.74) is 1.24. The fourth-order valence-electron chi connectivity index (χ4n) is 4.46. The molecule has 3 heterocycles. The van der Waals surface area contributed by atoms with E-state index in [0.29, 0.717) is 26.4 Å². The van der Waals surface area contributed by atoms with Crippen molar-refractivity contribution in [2.45, 2.75) is 24.8 Å². The van der Waals surface area contributed by atoms with E-state index in [9.17, 15) is 19.7 Å². The van der Waals surface area contributed by atoms with E-state index in [1.807, 2.05) is 30.5 Å². The van der Waals surface area contributed by atoms with Crippen LogP contribution in [0.15, 0.2) is 85.0 Å². The number of hydrogen-bond acceptors (Lipinski definition) is 9. The summed E-state index contributed by atoms with van der Waals surface area (Å²) in [6.07, 6.45) is 3.53. The summed E-state index contributed by atoms with van der Waals surface area (Å²) in [4.78, 5) is 43.9. The molecule has 0 unspecified atom stereocenters. The molecule has 1 aliphatic heterocycles. The van der Waals surface area contributed by atoms with Crippen LogP contribution in [0.5, 0.6) is 0 Å². The predicted molar refractivity (Wildman–Crippen MR) is 154 cm³/mol. The molecule has 40 heavy (non-hydrogen) atoms. The Morgan fingerprint density at radius 1 is 1.25 bits per heavy atom. The van der Waals surface area contributed by atoms with Crippen molar-refractivity contribution in [1.82, 2.24) is 4.57 Å². The predicted octanol–water partition coefficient (Wildman–Crippen LogP) is 5.34. The van der Waals surface area contributed by atoms with Crippen LogP contribution in [0, 0.1) is 10.1 Å². The molecule has 0 saturated heterocycles. The van der Waals surface area contributed by atoms with Gasteiger partial charge in [0, 0.05) is 22.1 Å². The lowest BCUT2D eigenvalue weighted by atomic mass is 9.96. The summed E-state index contributed by atoms with van der Waals surface area (Å²) in [7, 11) is 0. The molecule has 1 atom stereocenters. The number of allylic oxidation sites excluding steroid dienone is 1. The summed E-state index contributed by atoms with van der Waals surface area (Å²) in [6, 6.07) is 14.5. The minimum Gasteiger partial charge on any atom is -0.463 e. The molecule has 0 spiro atoms. The first kappa shape index (κ1) is 27.6. The van der Waals surface area contributed by atoms with Crippen LogP contribution in [0.4, 0.5) is 5.69 Å². The number of hydrogen-bond donors (Lipinski definition) is 0. The van der Waals surface area contributed by atoms with Gasteiger partial charge < -0.3 is 9.15 Å². The minimum absolute atomic E-state index is 0.185. The lowest BCUT2D eigenvalue weighted by Crippen LogP contribution is -2.39. The molecular weight excluding hydrogens is 574 g/mol. The smallest absolute Gasteiger partial charge is 0.338 e. The van der Waals surface area contributed by atoms with Gasteiger partial charge >= 0.3 is 5.97 Å². The Morgan fingerprint density at radius 2 is 2.00 bits per heavy atom. The van der Waals surface area contributed by atoms with Gasteiger partial charge in [0.2, 0.25) is 0 Å². The number of aromatic nitrogens is 1. The van der Waals surface area contributed by atoms with Crippen LogP contribution in [0.3, 0.4) is 0 Å². The first-order valence-corrected chi connectivity index (χ1v) is 14.5. The van der Waals surface area contributed by atoms with Gasteiger partial charge in [-0.3, -0.25) is 19.5 Å². The maximum Gasteiger partial charge on any atom is 0.338 e. The number of furan rings is 1. The van der Waals surface area contributed by atoms with E-state index in [1.54, 1.807) is 49.9 Å². The van der Waals surface area contributed by atoms with Gasteiger partial charge in [0.1, 0.15) is 11.5 Å². The van der Waals surface area contributed by atoms with Gasteiger partial charge in [-0.2, -0.15) is 0 Å². The monoisotopic (exact) mass is 595 g/mol. The van der Waals surface area contributed by atoms with Crippen molar-refractivity contribution in [3.05, 3.63) is 112 Å². The number of carbonyl (C=O) groups excluding carboxylic acids is 1. The number of nitro groups is 1. The molecule has 12 heteroatoms. The van der Waals surface area contributed by atoms with E-state index in [1.165, 1.54) is 16.7 Å². The third-order valence-electron chi connectivity index (χ3n) is 6.27. The van der Waals surface area contributed by atoms with Gasteiger partial charge in [-0.05, 0) is 62.1 Å². The zero-order valence-corrected chi connectivity index (χ0v) is 23.9. The van der Waals surface area contributed by atoms with E-state index in [2.05, 4.69) is 4.99 Å². The normalized spacial score (nSPS) is 15.1. The molecule has 0 aliphatic carbocycles. The summed E-state index contributed by atoms with van der Waals surface area (Å²) in [5.74, 6) is 0.0542. The molecule has 2 aromatic heterocycles. The van der Waals surface area contributed by atoms with Crippen LogP contribution < -0.4 is 14.9 Å². The minimum atomic E-state index is -0.725. The third-order valence-corrected chi connectivity index (χ3v) is 8.23. The Morgan fingerprint density at radius 3 is 2.67 bits per heavy atom. The SMILES string of the molecule is CCOC(=O)C1=C(C)N=c2s/c(=C\c3ccc(-c4ccc(Cl)cc4[N+](=O)[O-])o3)c(=O)n2[C@@H]1c1ccc(SC)cc1. The van der Waals surface area contributed by atoms with Crippen molar-refractivity contribution in [3.8, 4) is 11.3 Å². The van der Waals surface area contributed by atoms with Crippen molar-refractivity contribution in [2.24, 2.45) is 4.99 Å². The third kappa shape index (κ3) is 5.15. The molecule has 5 rings (SSSR count). The molecule has 204 valence electrons. The molecule has 0 bridgehead atoms. The highest BCUT2D eigenvalue weighted by Crippen LogP contribution is 2.34. The summed E-state index contributed by atoms with van der Waals surface area (Å²) >= 11 is 8.69. The average molecular weight is 596 g/mol. The van der Waals surface area contributed by atoms with Gasteiger partial charge in [0.05, 0.1) is 38.9 Å².